The number of para-hydroxylation sites is 1. The standard InChI is InChI=1S/C23H25ClFN3O2.C7H8O/c1-4-7-19(24)12-17(5-2)14-28-15-22(26-16-28)27-23(29)11-9-18-8-10-20(25)21(13-18)30-6-3;1-8-7-5-3-2-4-6-7/h4-5,8-13,15-16H,1,6-7,14H2,2-3H3,(H,27,29);2-6H,1H3/b11-9+,17-5+,19-12+;. The summed E-state index contributed by atoms with van der Waals surface area (Å²) < 4.78 is 25.6. The zero-order valence-corrected chi connectivity index (χ0v) is 22.6. The minimum absolute atomic E-state index is 0.154. The zero-order chi connectivity index (χ0) is 27.8. The van der Waals surface area contributed by atoms with Crippen LogP contribution in [0.2, 0.25) is 0 Å². The SMILES string of the molecule is C=CC/C(Cl)=C\C(=C/C)Cn1cnc(NC(=O)/C=C/c2ccc(F)c(OCC)c2)c1.COc1ccccc1. The van der Waals surface area contributed by atoms with Gasteiger partial charge >= 0.3 is 0 Å². The van der Waals surface area contributed by atoms with E-state index in [1.54, 1.807) is 50.8 Å². The van der Waals surface area contributed by atoms with Crippen LogP contribution < -0.4 is 14.8 Å². The van der Waals surface area contributed by atoms with E-state index in [-0.39, 0.29) is 11.7 Å². The molecule has 1 N–H and O–H groups in total. The summed E-state index contributed by atoms with van der Waals surface area (Å²) >= 11 is 6.15. The predicted octanol–water partition coefficient (Wildman–Crippen LogP) is 7.41. The number of hydrogen-bond acceptors (Lipinski definition) is 4. The van der Waals surface area contributed by atoms with E-state index in [0.29, 0.717) is 36.0 Å². The first-order chi connectivity index (χ1) is 18.4. The minimum Gasteiger partial charge on any atom is -0.497 e. The Labute approximate surface area is 228 Å². The van der Waals surface area contributed by atoms with Crippen molar-refractivity contribution in [1.82, 2.24) is 9.55 Å². The molecule has 1 amide bonds. The average molecular weight is 538 g/mol. The van der Waals surface area contributed by atoms with E-state index in [0.717, 1.165) is 11.3 Å². The van der Waals surface area contributed by atoms with Gasteiger partial charge in [0.1, 0.15) is 5.75 Å². The number of anilines is 1. The summed E-state index contributed by atoms with van der Waals surface area (Å²) in [5, 5.41) is 3.40. The third-order valence-corrected chi connectivity index (χ3v) is 5.23. The molecule has 0 aliphatic rings. The maximum absolute atomic E-state index is 13.6. The third-order valence-electron chi connectivity index (χ3n) is 4.96. The Morgan fingerprint density at radius 3 is 2.63 bits per heavy atom. The number of methoxy groups -OCH3 is 1. The maximum Gasteiger partial charge on any atom is 0.249 e. The van der Waals surface area contributed by atoms with E-state index in [9.17, 15) is 9.18 Å². The lowest BCUT2D eigenvalue weighted by Gasteiger charge is -2.05. The summed E-state index contributed by atoms with van der Waals surface area (Å²) in [4.78, 5) is 16.4. The monoisotopic (exact) mass is 537 g/mol. The lowest BCUT2D eigenvalue weighted by atomic mass is 10.2. The van der Waals surface area contributed by atoms with E-state index < -0.39 is 5.82 Å². The van der Waals surface area contributed by atoms with Gasteiger partial charge in [-0.2, -0.15) is 0 Å². The van der Waals surface area contributed by atoms with Crippen molar-refractivity contribution in [3.63, 3.8) is 0 Å². The minimum atomic E-state index is -0.440. The molecule has 0 spiro atoms. The summed E-state index contributed by atoms with van der Waals surface area (Å²) in [5.74, 6) is 0.705. The molecule has 0 aliphatic heterocycles. The van der Waals surface area contributed by atoms with Crippen molar-refractivity contribution in [2.45, 2.75) is 26.8 Å². The number of nitrogens with one attached hydrogen (secondary N) is 1. The van der Waals surface area contributed by atoms with Crippen LogP contribution in [0, 0.1) is 5.82 Å². The van der Waals surface area contributed by atoms with E-state index in [4.69, 9.17) is 21.1 Å². The Morgan fingerprint density at radius 2 is 2.00 bits per heavy atom. The number of ether oxygens (including phenoxy) is 2. The van der Waals surface area contributed by atoms with E-state index in [1.165, 1.54) is 12.1 Å². The number of hydrogen-bond donors (Lipinski definition) is 1. The summed E-state index contributed by atoms with van der Waals surface area (Å²) in [6, 6.07) is 14.1. The highest BCUT2D eigenvalue weighted by molar-refractivity contribution is 6.29. The van der Waals surface area contributed by atoms with Gasteiger partial charge < -0.3 is 19.4 Å². The number of amides is 1. The number of halogens is 2. The van der Waals surface area contributed by atoms with Crippen LogP contribution in [0.3, 0.4) is 0 Å². The van der Waals surface area contributed by atoms with Gasteiger partial charge in [-0.05, 0) is 61.4 Å². The molecule has 0 atom stereocenters. The molecule has 200 valence electrons. The molecule has 0 bridgehead atoms. The van der Waals surface area contributed by atoms with E-state index >= 15 is 0 Å². The first kappa shape index (κ1) is 30.1. The quantitative estimate of drug-likeness (QED) is 0.157. The molecule has 0 saturated carbocycles. The van der Waals surface area contributed by atoms with Crippen molar-refractivity contribution in [3.8, 4) is 11.5 Å². The largest absolute Gasteiger partial charge is 0.497 e. The summed E-state index contributed by atoms with van der Waals surface area (Å²) in [6.07, 6.45) is 12.5. The van der Waals surface area contributed by atoms with Gasteiger partial charge in [-0.1, -0.05) is 48.0 Å². The van der Waals surface area contributed by atoms with E-state index in [2.05, 4.69) is 16.9 Å². The van der Waals surface area contributed by atoms with Gasteiger partial charge in [-0.15, -0.1) is 6.58 Å². The number of aromatic nitrogens is 2. The Balaban J connectivity index is 0.000000538. The second-order valence-electron chi connectivity index (χ2n) is 7.84. The van der Waals surface area contributed by atoms with Crippen LogP contribution in [0.15, 0.2) is 103 Å². The molecule has 0 unspecified atom stereocenters. The van der Waals surface area contributed by atoms with Crippen molar-refractivity contribution >= 4 is 29.4 Å². The van der Waals surface area contributed by atoms with Crippen LogP contribution in [-0.2, 0) is 11.3 Å². The second kappa shape index (κ2) is 16.6. The Bertz CT molecular complexity index is 1270. The van der Waals surface area contributed by atoms with Crippen LogP contribution in [0.1, 0.15) is 25.8 Å². The topological polar surface area (TPSA) is 65.4 Å². The van der Waals surface area contributed by atoms with Crippen LogP contribution in [0.25, 0.3) is 6.08 Å². The number of carbonyl (C=O) groups excluding carboxylic acids is 1. The van der Waals surface area contributed by atoms with Gasteiger partial charge in [0, 0.05) is 30.3 Å². The molecular formula is C30H33ClFN3O3. The molecule has 1 aromatic heterocycles. The highest BCUT2D eigenvalue weighted by Crippen LogP contribution is 2.20. The Hall–Kier alpha value is -4.10. The molecule has 3 aromatic rings. The zero-order valence-electron chi connectivity index (χ0n) is 21.9. The molecule has 0 saturated heterocycles. The molecule has 6 nitrogen and oxygen atoms in total. The summed E-state index contributed by atoms with van der Waals surface area (Å²) in [7, 11) is 1.66. The normalized spacial score (nSPS) is 11.5. The molecular weight excluding hydrogens is 505 g/mol. The Kier molecular flexibility index (Phi) is 13.2. The van der Waals surface area contributed by atoms with Crippen LogP contribution in [-0.4, -0.2) is 29.2 Å². The fourth-order valence-electron chi connectivity index (χ4n) is 3.13. The number of allylic oxidation sites excluding steroid dienone is 5. The van der Waals surface area contributed by atoms with Gasteiger partial charge in [-0.25, -0.2) is 9.37 Å². The first-order valence-electron chi connectivity index (χ1n) is 12.0. The molecule has 38 heavy (non-hydrogen) atoms. The molecule has 0 aliphatic carbocycles. The van der Waals surface area contributed by atoms with Gasteiger partial charge in [-0.3, -0.25) is 4.79 Å². The molecule has 0 fully saturated rings. The van der Waals surface area contributed by atoms with Crippen LogP contribution in [0.4, 0.5) is 10.2 Å². The average Bonchev–Trinajstić information content (AvgIpc) is 3.36. The molecule has 0 radical (unpaired) electrons. The number of imidazole rings is 1. The fourth-order valence-corrected chi connectivity index (χ4v) is 3.38. The van der Waals surface area contributed by atoms with Gasteiger partial charge in [0.25, 0.3) is 0 Å². The van der Waals surface area contributed by atoms with Crippen molar-refractivity contribution in [3.05, 3.63) is 114 Å². The Morgan fingerprint density at radius 1 is 1.24 bits per heavy atom. The third kappa shape index (κ3) is 10.9. The van der Waals surface area contributed by atoms with Crippen molar-refractivity contribution in [1.29, 1.82) is 0 Å². The second-order valence-corrected chi connectivity index (χ2v) is 8.33. The smallest absolute Gasteiger partial charge is 0.249 e. The number of nitrogens with zero attached hydrogens (tertiary/aromatic N) is 2. The fraction of sp³-hybridized carbons (Fsp3) is 0.200. The highest BCUT2D eigenvalue weighted by Gasteiger charge is 2.05. The van der Waals surface area contributed by atoms with Gasteiger partial charge in [0.15, 0.2) is 17.4 Å². The first-order valence-corrected chi connectivity index (χ1v) is 12.4. The van der Waals surface area contributed by atoms with Crippen LogP contribution in [0.5, 0.6) is 11.5 Å². The number of carbonyl (C=O) groups is 1. The summed E-state index contributed by atoms with van der Waals surface area (Å²) in [5.41, 5.74) is 1.67. The molecule has 8 heteroatoms. The molecule has 2 aromatic carbocycles. The maximum atomic E-state index is 13.6. The molecule has 3 rings (SSSR count). The summed E-state index contributed by atoms with van der Waals surface area (Å²) in [6.45, 7) is 8.31. The highest BCUT2D eigenvalue weighted by atomic mass is 35.5. The lowest BCUT2D eigenvalue weighted by Crippen LogP contribution is -2.08. The van der Waals surface area contributed by atoms with Gasteiger partial charge in [0.2, 0.25) is 5.91 Å². The van der Waals surface area contributed by atoms with Crippen molar-refractivity contribution in [2.75, 3.05) is 19.0 Å². The number of rotatable bonds is 11. The van der Waals surface area contributed by atoms with Crippen molar-refractivity contribution in [2.24, 2.45) is 0 Å². The number of benzene rings is 2. The van der Waals surface area contributed by atoms with Crippen LogP contribution >= 0.6 is 11.6 Å². The van der Waals surface area contributed by atoms with Gasteiger partial charge in [0.05, 0.1) is 20.0 Å². The predicted molar refractivity (Wildman–Crippen MR) is 153 cm³/mol. The lowest BCUT2D eigenvalue weighted by molar-refractivity contribution is -0.111. The van der Waals surface area contributed by atoms with Crippen molar-refractivity contribution < 1.29 is 18.7 Å². The van der Waals surface area contributed by atoms with E-state index in [1.807, 2.05) is 54.0 Å². The molecule has 1 heterocycles.